The van der Waals surface area contributed by atoms with Crippen LogP contribution in [0.15, 0.2) is 42.9 Å². The van der Waals surface area contributed by atoms with E-state index in [1.807, 2.05) is 45.2 Å². The number of likely N-dealkylation sites (tertiary alicyclic amines) is 1. The average Bonchev–Trinajstić information content (AvgIpc) is 3.36. The van der Waals surface area contributed by atoms with Gasteiger partial charge in [-0.15, -0.1) is 0 Å². The first-order valence-corrected chi connectivity index (χ1v) is 15.9. The van der Waals surface area contributed by atoms with Gasteiger partial charge in [0.2, 0.25) is 11.8 Å². The van der Waals surface area contributed by atoms with Gasteiger partial charge < -0.3 is 14.8 Å². The Bertz CT molecular complexity index is 2220. The molecule has 1 saturated carbocycles. The summed E-state index contributed by atoms with van der Waals surface area (Å²) in [5, 5.41) is 7.48. The quantitative estimate of drug-likeness (QED) is 0.164. The zero-order valence-corrected chi connectivity index (χ0v) is 27.4. The molecule has 5 aromatic rings. The first kappa shape index (κ1) is 32.4. The second kappa shape index (κ2) is 11.2. The lowest BCUT2D eigenvalue weighted by Crippen LogP contribution is -2.53. The molecule has 2 aliphatic rings. The summed E-state index contributed by atoms with van der Waals surface area (Å²) >= 11 is 0. The van der Waals surface area contributed by atoms with Gasteiger partial charge in [0.1, 0.15) is 29.9 Å². The van der Waals surface area contributed by atoms with Crippen LogP contribution in [0.2, 0.25) is 0 Å². The number of hydrogen-bond donors (Lipinski definition) is 1. The number of anilines is 1. The number of ketones is 1. The van der Waals surface area contributed by atoms with Gasteiger partial charge in [0, 0.05) is 58.8 Å². The van der Waals surface area contributed by atoms with E-state index in [-0.39, 0.29) is 47.7 Å². The highest BCUT2D eigenvalue weighted by Crippen LogP contribution is 2.57. The van der Waals surface area contributed by atoms with E-state index in [2.05, 4.69) is 20.4 Å². The van der Waals surface area contributed by atoms with Crippen molar-refractivity contribution < 1.29 is 31.9 Å². The van der Waals surface area contributed by atoms with Gasteiger partial charge in [-0.05, 0) is 75.6 Å². The number of rotatable bonds is 6. The van der Waals surface area contributed by atoms with Crippen LogP contribution in [-0.2, 0) is 22.3 Å². The van der Waals surface area contributed by atoms with E-state index < -0.39 is 35.5 Å². The van der Waals surface area contributed by atoms with E-state index in [1.54, 1.807) is 21.5 Å². The van der Waals surface area contributed by atoms with Crippen molar-refractivity contribution in [1.82, 2.24) is 29.0 Å². The van der Waals surface area contributed by atoms with Crippen LogP contribution >= 0.6 is 0 Å². The molecule has 0 bridgehead atoms. The molecular formula is C35H33F4N7O3. The van der Waals surface area contributed by atoms with Gasteiger partial charge in [0.25, 0.3) is 0 Å². The summed E-state index contributed by atoms with van der Waals surface area (Å²) in [6, 6.07) is 4.72. The molecule has 4 aromatic heterocycles. The van der Waals surface area contributed by atoms with Gasteiger partial charge >= 0.3 is 6.18 Å². The van der Waals surface area contributed by atoms with E-state index in [9.17, 15) is 31.9 Å². The summed E-state index contributed by atoms with van der Waals surface area (Å²) < 4.78 is 58.0. The summed E-state index contributed by atoms with van der Waals surface area (Å²) in [5.41, 5.74) is 3.15. The van der Waals surface area contributed by atoms with E-state index in [0.717, 1.165) is 22.4 Å². The zero-order chi connectivity index (χ0) is 35.2. The Kier molecular flexibility index (Phi) is 7.41. The SMILES string of the molecule is CC(=O)c1cn(CC(=O)N2[C@H](C(=O)Nc3nc(C(F)(F)F)cc(F)c3C)CC[C@@]3(C)C[C@@H]23)c2c(C)cc(-c3cnc4cc(C)nn4c3)cc12. The Labute approximate surface area is 278 Å². The van der Waals surface area contributed by atoms with Crippen molar-refractivity contribution in [2.45, 2.75) is 78.7 Å². The third-order valence-electron chi connectivity index (χ3n) is 9.91. The summed E-state index contributed by atoms with van der Waals surface area (Å²) in [7, 11) is 0. The Balaban J connectivity index is 1.21. The van der Waals surface area contributed by atoms with Crippen LogP contribution in [0, 0.1) is 32.0 Å². The maximum Gasteiger partial charge on any atom is 0.433 e. The highest BCUT2D eigenvalue weighted by molar-refractivity contribution is 6.09. The number of halogens is 4. The number of pyridine rings is 1. The number of aryl methyl sites for hydroxylation is 2. The summed E-state index contributed by atoms with van der Waals surface area (Å²) in [5.74, 6) is -3.01. The minimum Gasteiger partial charge on any atom is -0.337 e. The Morgan fingerprint density at radius 3 is 2.53 bits per heavy atom. The van der Waals surface area contributed by atoms with Crippen LogP contribution in [0.25, 0.3) is 27.7 Å². The molecule has 2 amide bonds. The van der Waals surface area contributed by atoms with Crippen LogP contribution in [0.4, 0.5) is 23.4 Å². The number of carbonyl (C=O) groups is 3. The molecule has 49 heavy (non-hydrogen) atoms. The van der Waals surface area contributed by atoms with Crippen molar-refractivity contribution in [3.63, 3.8) is 0 Å². The van der Waals surface area contributed by atoms with E-state index in [1.165, 1.54) is 18.7 Å². The fraction of sp³-hybridized carbons (Fsp3) is 0.371. The Morgan fingerprint density at radius 1 is 1.06 bits per heavy atom. The third-order valence-corrected chi connectivity index (χ3v) is 9.91. The predicted octanol–water partition coefficient (Wildman–Crippen LogP) is 6.44. The van der Waals surface area contributed by atoms with E-state index >= 15 is 0 Å². The van der Waals surface area contributed by atoms with Crippen molar-refractivity contribution in [2.75, 3.05) is 5.32 Å². The van der Waals surface area contributed by atoms with Gasteiger partial charge in [-0.2, -0.15) is 18.3 Å². The molecule has 2 fully saturated rings. The fourth-order valence-corrected chi connectivity index (χ4v) is 7.16. The molecular weight excluding hydrogens is 642 g/mol. The predicted molar refractivity (Wildman–Crippen MR) is 172 cm³/mol. The van der Waals surface area contributed by atoms with E-state index in [4.69, 9.17) is 0 Å². The molecule has 7 rings (SSSR count). The van der Waals surface area contributed by atoms with E-state index in [0.29, 0.717) is 35.0 Å². The Morgan fingerprint density at radius 2 is 1.82 bits per heavy atom. The van der Waals surface area contributed by atoms with Gasteiger partial charge in [-0.1, -0.05) is 6.92 Å². The maximum atomic E-state index is 14.4. The van der Waals surface area contributed by atoms with Crippen LogP contribution in [0.1, 0.15) is 66.0 Å². The number of benzene rings is 1. The maximum absolute atomic E-state index is 14.4. The minimum absolute atomic E-state index is 0.185. The number of hydrogen-bond acceptors (Lipinski definition) is 6. The molecule has 0 spiro atoms. The Hall–Kier alpha value is -5.14. The van der Waals surface area contributed by atoms with Gasteiger partial charge in [0.15, 0.2) is 11.4 Å². The van der Waals surface area contributed by atoms with Gasteiger partial charge in [0.05, 0.1) is 11.2 Å². The van der Waals surface area contributed by atoms with Crippen molar-refractivity contribution >= 4 is 40.0 Å². The molecule has 254 valence electrons. The highest BCUT2D eigenvalue weighted by atomic mass is 19.4. The fourth-order valence-electron chi connectivity index (χ4n) is 7.16. The van der Waals surface area contributed by atoms with Crippen molar-refractivity contribution in [2.24, 2.45) is 5.41 Å². The molecule has 5 heterocycles. The number of nitrogens with one attached hydrogen (secondary N) is 1. The highest BCUT2D eigenvalue weighted by Gasteiger charge is 2.60. The summed E-state index contributed by atoms with van der Waals surface area (Å²) in [6.07, 6.45) is 1.89. The number of carbonyl (C=O) groups excluding carboxylic acids is 3. The lowest BCUT2D eigenvalue weighted by molar-refractivity contribution is -0.142. The van der Waals surface area contributed by atoms with Gasteiger partial charge in [-0.3, -0.25) is 14.4 Å². The topological polar surface area (TPSA) is 114 Å². The molecule has 14 heteroatoms. The number of alkyl halides is 3. The number of Topliss-reactive ketones (excluding diaryl/α,β-unsaturated/α-hetero) is 1. The molecule has 1 aromatic carbocycles. The van der Waals surface area contributed by atoms with Gasteiger partial charge in [-0.25, -0.2) is 18.9 Å². The second-order valence-corrected chi connectivity index (χ2v) is 13.5. The third kappa shape index (κ3) is 5.62. The lowest BCUT2D eigenvalue weighted by Gasteiger charge is -2.37. The van der Waals surface area contributed by atoms with Crippen molar-refractivity contribution in [3.8, 4) is 11.1 Å². The number of aromatic nitrogens is 5. The molecule has 10 nitrogen and oxygen atoms in total. The van der Waals surface area contributed by atoms with Crippen LogP contribution < -0.4 is 5.32 Å². The molecule has 0 radical (unpaired) electrons. The summed E-state index contributed by atoms with van der Waals surface area (Å²) in [6.45, 7) is 8.29. The molecule has 3 atom stereocenters. The second-order valence-electron chi connectivity index (χ2n) is 13.5. The number of fused-ring (bicyclic) bond motifs is 3. The minimum atomic E-state index is -4.92. The smallest absolute Gasteiger partial charge is 0.337 e. The zero-order valence-electron chi connectivity index (χ0n) is 27.4. The lowest BCUT2D eigenvalue weighted by atomic mass is 9.92. The first-order chi connectivity index (χ1) is 23.0. The molecule has 1 aliphatic heterocycles. The van der Waals surface area contributed by atoms with Crippen molar-refractivity contribution in [1.29, 1.82) is 0 Å². The monoisotopic (exact) mass is 675 g/mol. The van der Waals surface area contributed by atoms with Crippen molar-refractivity contribution in [3.05, 3.63) is 76.8 Å². The molecule has 1 N–H and O–H groups in total. The van der Waals surface area contributed by atoms with Crippen LogP contribution in [0.3, 0.4) is 0 Å². The standard InChI is InChI=1S/C35H33F4N7O3/c1-17-8-21(22-13-40-29-9-18(2)43-45(29)14-22)10-23-24(20(4)47)15-44(31(17)23)16-30(48)46-26(6-7-34(5)12-28(34)46)33(49)42-32-19(3)25(36)11-27(41-32)35(37,38)39/h8-11,13-15,26,28H,6-7,12,16H2,1-5H3,(H,41,42,49)/t26-,28+,34-/m0/s1. The normalized spacial score (nSPS) is 20.5. The first-order valence-electron chi connectivity index (χ1n) is 15.9. The van der Waals surface area contributed by atoms with Crippen LogP contribution in [0.5, 0.6) is 0 Å². The molecule has 0 unspecified atom stereocenters. The number of piperidine rings is 1. The average molecular weight is 676 g/mol. The summed E-state index contributed by atoms with van der Waals surface area (Å²) in [4.78, 5) is 50.2. The number of nitrogens with zero attached hydrogens (tertiary/aromatic N) is 6. The largest absolute Gasteiger partial charge is 0.433 e. The molecule has 1 saturated heterocycles. The van der Waals surface area contributed by atoms with Crippen LogP contribution in [-0.4, -0.2) is 58.7 Å². The molecule has 1 aliphatic carbocycles. The number of amides is 2.